The minimum Gasteiger partial charge on any atom is -0.394 e. The van der Waals surface area contributed by atoms with Crippen molar-refractivity contribution in [1.82, 2.24) is 5.32 Å². The van der Waals surface area contributed by atoms with Gasteiger partial charge in [0, 0.05) is 0 Å². The molecule has 1 amide bonds. The van der Waals surface area contributed by atoms with Crippen LogP contribution in [-0.4, -0.2) is 57.3 Å². The van der Waals surface area contributed by atoms with Crippen LogP contribution in [-0.2, 0) is 4.79 Å². The molecule has 0 radical (unpaired) electrons. The van der Waals surface area contributed by atoms with Gasteiger partial charge in [-0.05, 0) is 38.5 Å². The maximum absolute atomic E-state index is 12.6. The first-order valence-electron chi connectivity index (χ1n) is 30.1. The van der Waals surface area contributed by atoms with Crippen LogP contribution < -0.4 is 5.32 Å². The van der Waals surface area contributed by atoms with Gasteiger partial charge >= 0.3 is 0 Å². The highest BCUT2D eigenvalue weighted by Crippen LogP contribution is 2.19. The summed E-state index contributed by atoms with van der Waals surface area (Å²) in [5, 5.41) is 44.0. The minimum atomic E-state index is -1.28. The average molecular weight is 935 g/mol. The van der Waals surface area contributed by atoms with Crippen LogP contribution in [0.5, 0.6) is 0 Å². The molecule has 0 aromatic heterocycles. The molecule has 0 rings (SSSR count). The van der Waals surface area contributed by atoms with Crippen LogP contribution in [0.1, 0.15) is 335 Å². The summed E-state index contributed by atoms with van der Waals surface area (Å²) < 4.78 is 0. The predicted octanol–water partition coefficient (Wildman–Crippen LogP) is 17.6. The van der Waals surface area contributed by atoms with Gasteiger partial charge in [0.25, 0.3) is 0 Å². The van der Waals surface area contributed by atoms with Crippen LogP contribution in [0.2, 0.25) is 0 Å². The number of hydrogen-bond donors (Lipinski definition) is 5. The highest BCUT2D eigenvalue weighted by atomic mass is 16.3. The Hall–Kier alpha value is -0.950. The third-order valence-electron chi connectivity index (χ3n) is 14.5. The van der Waals surface area contributed by atoms with Gasteiger partial charge in [0.2, 0.25) is 5.91 Å². The maximum Gasteiger partial charge on any atom is 0.249 e. The first-order chi connectivity index (χ1) is 32.5. The van der Waals surface area contributed by atoms with Gasteiger partial charge < -0.3 is 25.7 Å². The Morgan fingerprint density at radius 1 is 0.364 bits per heavy atom. The molecule has 0 bridgehead atoms. The largest absolute Gasteiger partial charge is 0.394 e. The van der Waals surface area contributed by atoms with Crippen molar-refractivity contribution in [1.29, 1.82) is 0 Å². The zero-order chi connectivity index (χ0) is 48.1. The van der Waals surface area contributed by atoms with Gasteiger partial charge in [-0.1, -0.05) is 309 Å². The molecule has 0 aliphatic heterocycles. The number of carbonyl (C=O) groups is 1. The van der Waals surface area contributed by atoms with E-state index < -0.39 is 36.9 Å². The summed E-state index contributed by atoms with van der Waals surface area (Å²) in [7, 11) is 0. The Kier molecular flexibility index (Phi) is 54.2. The molecule has 0 aromatic carbocycles. The number of amides is 1. The lowest BCUT2D eigenvalue weighted by Gasteiger charge is -2.27. The molecule has 66 heavy (non-hydrogen) atoms. The number of aliphatic hydroxyl groups excluding tert-OH is 4. The standard InChI is InChI=1S/C60H119NO5/c1-3-5-7-9-11-13-15-17-19-21-23-24-25-26-27-28-29-30-31-32-33-34-36-38-40-42-44-46-48-50-52-54-58(64)60(66)61-56(55-62)59(65)57(63)53-51-49-47-45-43-41-39-37-35-22-20-18-16-14-12-10-8-6-4-2/h45,47,56-59,62-65H,3-44,46,48-55H2,1-2H3,(H,61,66)/b47-45+. The third-order valence-corrected chi connectivity index (χ3v) is 14.5. The fourth-order valence-electron chi connectivity index (χ4n) is 9.76. The molecule has 5 N–H and O–H groups in total. The minimum absolute atomic E-state index is 0.369. The van der Waals surface area contributed by atoms with Crippen molar-refractivity contribution in [3.05, 3.63) is 12.2 Å². The van der Waals surface area contributed by atoms with E-state index in [4.69, 9.17) is 0 Å². The van der Waals surface area contributed by atoms with Crippen LogP contribution in [0, 0.1) is 0 Å². The summed E-state index contributed by atoms with van der Waals surface area (Å²) in [4.78, 5) is 12.6. The molecule has 394 valence electrons. The van der Waals surface area contributed by atoms with Gasteiger partial charge in [-0.2, -0.15) is 0 Å². The van der Waals surface area contributed by atoms with Gasteiger partial charge in [-0.15, -0.1) is 0 Å². The van der Waals surface area contributed by atoms with Crippen molar-refractivity contribution in [2.75, 3.05) is 6.61 Å². The van der Waals surface area contributed by atoms with Gasteiger partial charge in [-0.3, -0.25) is 4.79 Å². The monoisotopic (exact) mass is 934 g/mol. The Morgan fingerprint density at radius 2 is 0.621 bits per heavy atom. The maximum atomic E-state index is 12.6. The molecule has 0 heterocycles. The smallest absolute Gasteiger partial charge is 0.249 e. The highest BCUT2D eigenvalue weighted by molar-refractivity contribution is 5.80. The van der Waals surface area contributed by atoms with E-state index in [1.54, 1.807) is 0 Å². The number of rotatable bonds is 56. The lowest BCUT2D eigenvalue weighted by molar-refractivity contribution is -0.132. The molecule has 0 fully saturated rings. The topological polar surface area (TPSA) is 110 Å². The van der Waals surface area contributed by atoms with E-state index in [9.17, 15) is 25.2 Å². The number of hydrogen-bond acceptors (Lipinski definition) is 5. The first kappa shape index (κ1) is 65.0. The quantitative estimate of drug-likeness (QED) is 0.0308. The average Bonchev–Trinajstić information content (AvgIpc) is 3.32. The summed E-state index contributed by atoms with van der Waals surface area (Å²) in [5.41, 5.74) is 0. The summed E-state index contributed by atoms with van der Waals surface area (Å²) in [6.45, 7) is 4.09. The van der Waals surface area contributed by atoms with Crippen LogP contribution in [0.4, 0.5) is 0 Å². The van der Waals surface area contributed by atoms with Crippen molar-refractivity contribution >= 4 is 5.91 Å². The molecule has 0 aliphatic rings. The van der Waals surface area contributed by atoms with Gasteiger partial charge in [0.1, 0.15) is 12.2 Å². The highest BCUT2D eigenvalue weighted by Gasteiger charge is 2.28. The summed E-state index contributed by atoms with van der Waals surface area (Å²) in [6, 6.07) is -0.999. The fraction of sp³-hybridized carbons (Fsp3) is 0.950. The normalized spacial score (nSPS) is 13.7. The number of unbranched alkanes of at least 4 members (excludes halogenated alkanes) is 45. The Labute approximate surface area is 412 Å². The van der Waals surface area contributed by atoms with E-state index in [-0.39, 0.29) is 0 Å². The van der Waals surface area contributed by atoms with E-state index in [0.717, 1.165) is 38.5 Å². The van der Waals surface area contributed by atoms with Gasteiger partial charge in [0.15, 0.2) is 0 Å². The Morgan fingerprint density at radius 3 is 0.909 bits per heavy atom. The molecular formula is C60H119NO5. The van der Waals surface area contributed by atoms with Gasteiger partial charge in [-0.25, -0.2) is 0 Å². The number of carbonyl (C=O) groups excluding carboxylic acids is 1. The van der Waals surface area contributed by atoms with E-state index in [1.807, 2.05) is 0 Å². The molecule has 6 nitrogen and oxygen atoms in total. The molecule has 6 heteroatoms. The molecule has 4 atom stereocenters. The summed E-state index contributed by atoms with van der Waals surface area (Å²) in [5.74, 6) is -0.586. The number of allylic oxidation sites excluding steroid dienone is 2. The lowest BCUT2D eigenvalue weighted by atomic mass is 10.00. The van der Waals surface area contributed by atoms with Crippen molar-refractivity contribution in [3.63, 3.8) is 0 Å². The van der Waals surface area contributed by atoms with Gasteiger partial charge in [0.05, 0.1) is 18.8 Å². The lowest BCUT2D eigenvalue weighted by Crippen LogP contribution is -2.53. The first-order valence-corrected chi connectivity index (χ1v) is 30.1. The number of nitrogens with one attached hydrogen (secondary N) is 1. The second-order valence-electron chi connectivity index (χ2n) is 21.1. The Balaban J connectivity index is 3.56. The van der Waals surface area contributed by atoms with Crippen molar-refractivity contribution < 1.29 is 25.2 Å². The van der Waals surface area contributed by atoms with E-state index in [2.05, 4.69) is 31.3 Å². The second kappa shape index (κ2) is 55.0. The molecule has 0 saturated carbocycles. The van der Waals surface area contributed by atoms with E-state index >= 15 is 0 Å². The fourth-order valence-corrected chi connectivity index (χ4v) is 9.76. The van der Waals surface area contributed by atoms with Crippen molar-refractivity contribution in [2.45, 2.75) is 359 Å². The van der Waals surface area contributed by atoms with E-state index in [0.29, 0.717) is 12.8 Å². The zero-order valence-corrected chi connectivity index (χ0v) is 44.7. The van der Waals surface area contributed by atoms with Crippen molar-refractivity contribution in [2.24, 2.45) is 0 Å². The van der Waals surface area contributed by atoms with Crippen molar-refractivity contribution in [3.8, 4) is 0 Å². The predicted molar refractivity (Wildman–Crippen MR) is 288 cm³/mol. The van der Waals surface area contributed by atoms with Crippen LogP contribution in [0.25, 0.3) is 0 Å². The molecular weight excluding hydrogens is 815 g/mol. The summed E-state index contributed by atoms with van der Waals surface area (Å²) >= 11 is 0. The molecule has 4 unspecified atom stereocenters. The Bertz CT molecular complexity index is 959. The second-order valence-corrected chi connectivity index (χ2v) is 21.1. The number of aliphatic hydroxyl groups is 4. The van der Waals surface area contributed by atoms with Crippen LogP contribution in [0.15, 0.2) is 12.2 Å². The van der Waals surface area contributed by atoms with Crippen LogP contribution in [0.3, 0.4) is 0 Å². The SMILES string of the molecule is CCCCCCCCCCCCCCCC/C=C/CCCC(O)C(O)C(CO)NC(=O)C(O)CCCCCCCCCCCCCCCCCCCCCCCCCCCCCCCCC. The van der Waals surface area contributed by atoms with E-state index in [1.165, 1.54) is 270 Å². The third kappa shape index (κ3) is 48.1. The summed E-state index contributed by atoms with van der Waals surface area (Å²) in [6.07, 6.45) is 65.9. The zero-order valence-electron chi connectivity index (χ0n) is 44.7. The molecule has 0 aromatic rings. The molecule has 0 spiro atoms. The molecule has 0 aliphatic carbocycles. The molecule has 0 saturated heterocycles. The van der Waals surface area contributed by atoms with Crippen LogP contribution >= 0.6 is 0 Å².